The Labute approximate surface area is 133 Å². The normalized spacial score (nSPS) is 11.7. The Balaban J connectivity index is 2.09. The lowest BCUT2D eigenvalue weighted by Crippen LogP contribution is -2.14. The Morgan fingerprint density at radius 1 is 1.09 bits per heavy atom. The molecule has 0 aliphatic carbocycles. The zero-order valence-electron chi connectivity index (χ0n) is 12.1. The number of esters is 1. The number of ether oxygens (including phenoxy) is 1. The highest BCUT2D eigenvalue weighted by Crippen LogP contribution is 2.25. The number of carbonyl (C=O) groups excluding carboxylic acids is 2. The van der Waals surface area contributed by atoms with E-state index in [1.165, 1.54) is 13.2 Å². The van der Waals surface area contributed by atoms with Crippen LogP contribution in [0.1, 0.15) is 27.6 Å². The summed E-state index contributed by atoms with van der Waals surface area (Å²) in [6, 6.07) is 15.9. The Bertz CT molecular complexity index is 655. The van der Waals surface area contributed by atoms with Crippen molar-refractivity contribution in [3.05, 3.63) is 71.3 Å². The second-order valence-electron chi connectivity index (χ2n) is 4.57. The summed E-state index contributed by atoms with van der Waals surface area (Å²) in [5.74, 6) is -0.104. The fourth-order valence-corrected chi connectivity index (χ4v) is 2.75. The predicted molar refractivity (Wildman–Crippen MR) is 85.5 cm³/mol. The van der Waals surface area contributed by atoms with Gasteiger partial charge < -0.3 is 9.84 Å². The van der Waals surface area contributed by atoms with E-state index < -0.39 is 17.2 Å². The van der Waals surface area contributed by atoms with Crippen LogP contribution in [0.25, 0.3) is 0 Å². The highest BCUT2D eigenvalue weighted by atomic mass is 32.2. The summed E-state index contributed by atoms with van der Waals surface area (Å²) in [7, 11) is 1.26. The quantitative estimate of drug-likeness (QED) is 0.859. The van der Waals surface area contributed by atoms with Crippen molar-refractivity contribution >= 4 is 22.8 Å². The maximum absolute atomic E-state index is 12.1. The zero-order chi connectivity index (χ0) is 15.9. The molecule has 0 radical (unpaired) electrons. The second-order valence-corrected chi connectivity index (χ2v) is 5.55. The molecule has 0 aliphatic rings. The van der Waals surface area contributed by atoms with Gasteiger partial charge in [0.1, 0.15) is 6.10 Å². The van der Waals surface area contributed by atoms with E-state index in [1.54, 1.807) is 18.2 Å². The summed E-state index contributed by atoms with van der Waals surface area (Å²) in [6.07, 6.45) is -1.36. The first-order valence-electron chi connectivity index (χ1n) is 6.69. The van der Waals surface area contributed by atoms with E-state index in [1.807, 2.05) is 30.3 Å². The van der Waals surface area contributed by atoms with Gasteiger partial charge in [-0.15, -0.1) is 0 Å². The predicted octanol–water partition coefficient (Wildman–Crippen LogP) is 2.97. The van der Waals surface area contributed by atoms with Crippen molar-refractivity contribution in [2.24, 2.45) is 0 Å². The fraction of sp³-hybridized carbons (Fsp3) is 0.176. The third kappa shape index (κ3) is 3.96. The summed E-state index contributed by atoms with van der Waals surface area (Å²) < 4.78 is 4.67. The molecule has 22 heavy (non-hydrogen) atoms. The van der Waals surface area contributed by atoms with Crippen LogP contribution in [0.3, 0.4) is 0 Å². The minimum Gasteiger partial charge on any atom is -0.465 e. The van der Waals surface area contributed by atoms with Crippen LogP contribution in [0.5, 0.6) is 0 Å². The Kier molecular flexibility index (Phi) is 5.75. The molecular weight excluding hydrogens is 300 g/mol. The maximum Gasteiger partial charge on any atom is 0.338 e. The maximum atomic E-state index is 12.1. The summed E-state index contributed by atoms with van der Waals surface area (Å²) in [5, 5.41) is 9.81. The van der Waals surface area contributed by atoms with Crippen molar-refractivity contribution < 1.29 is 19.4 Å². The van der Waals surface area contributed by atoms with Gasteiger partial charge in [-0.1, -0.05) is 60.3 Å². The van der Waals surface area contributed by atoms with E-state index >= 15 is 0 Å². The monoisotopic (exact) mass is 316 g/mol. The molecule has 1 N–H and O–H groups in total. The molecule has 5 heteroatoms. The molecular formula is C17H16O4S. The molecule has 0 aromatic heterocycles. The molecule has 0 heterocycles. The van der Waals surface area contributed by atoms with E-state index in [0.29, 0.717) is 5.75 Å². The Morgan fingerprint density at radius 3 is 2.41 bits per heavy atom. The number of hydrogen-bond donors (Lipinski definition) is 1. The van der Waals surface area contributed by atoms with Gasteiger partial charge in [-0.25, -0.2) is 4.79 Å². The average molecular weight is 316 g/mol. The van der Waals surface area contributed by atoms with Gasteiger partial charge in [0.25, 0.3) is 0 Å². The number of methoxy groups -OCH3 is 1. The molecule has 0 spiro atoms. The Morgan fingerprint density at radius 2 is 1.73 bits per heavy atom. The summed E-state index contributed by atoms with van der Waals surface area (Å²) >= 11 is 1.02. The molecule has 0 fully saturated rings. The number of aliphatic hydroxyl groups excluding tert-OH is 1. The third-order valence-electron chi connectivity index (χ3n) is 3.11. The molecule has 2 aromatic rings. The van der Waals surface area contributed by atoms with Crippen LogP contribution >= 0.6 is 11.8 Å². The number of benzene rings is 2. The highest BCUT2D eigenvalue weighted by molar-refractivity contribution is 8.13. The van der Waals surface area contributed by atoms with Crippen LogP contribution in [0.2, 0.25) is 0 Å². The molecule has 0 saturated heterocycles. The highest BCUT2D eigenvalue weighted by Gasteiger charge is 2.23. The van der Waals surface area contributed by atoms with Gasteiger partial charge in [0.05, 0.1) is 12.7 Å². The largest absolute Gasteiger partial charge is 0.465 e. The van der Waals surface area contributed by atoms with Crippen molar-refractivity contribution in [2.45, 2.75) is 11.9 Å². The molecule has 2 aromatic carbocycles. The van der Waals surface area contributed by atoms with Gasteiger partial charge in [-0.2, -0.15) is 0 Å². The van der Waals surface area contributed by atoms with Crippen LogP contribution in [0.15, 0.2) is 54.6 Å². The molecule has 0 bridgehead atoms. The average Bonchev–Trinajstić information content (AvgIpc) is 2.59. The van der Waals surface area contributed by atoms with Crippen LogP contribution < -0.4 is 0 Å². The van der Waals surface area contributed by atoms with E-state index in [9.17, 15) is 14.7 Å². The van der Waals surface area contributed by atoms with Crippen molar-refractivity contribution in [3.63, 3.8) is 0 Å². The number of rotatable bonds is 5. The van der Waals surface area contributed by atoms with Crippen molar-refractivity contribution in [3.8, 4) is 0 Å². The smallest absolute Gasteiger partial charge is 0.338 e. The third-order valence-corrected chi connectivity index (χ3v) is 4.09. The van der Waals surface area contributed by atoms with Crippen molar-refractivity contribution in [1.29, 1.82) is 0 Å². The summed E-state index contributed by atoms with van der Waals surface area (Å²) in [5.41, 5.74) is 1.46. The SMILES string of the molecule is COC(=O)c1ccccc1[C@H](O)C(=O)SCc1ccccc1. The molecule has 0 unspecified atom stereocenters. The standard InChI is InChI=1S/C17H16O4S/c1-21-16(19)14-10-6-5-9-13(14)15(18)17(20)22-11-12-7-3-2-4-8-12/h2-10,15,18H,11H2,1H3/t15-/m0/s1. The molecule has 1 atom stereocenters. The molecule has 0 amide bonds. The van der Waals surface area contributed by atoms with Crippen LogP contribution in [-0.2, 0) is 15.3 Å². The molecule has 0 aliphatic heterocycles. The number of thioether (sulfide) groups is 1. The van der Waals surface area contributed by atoms with Gasteiger partial charge in [0, 0.05) is 11.3 Å². The topological polar surface area (TPSA) is 63.6 Å². The molecule has 2 rings (SSSR count). The first-order chi connectivity index (χ1) is 10.6. The van der Waals surface area contributed by atoms with Crippen LogP contribution in [-0.4, -0.2) is 23.3 Å². The van der Waals surface area contributed by atoms with Gasteiger partial charge in [-0.05, 0) is 11.6 Å². The summed E-state index contributed by atoms with van der Waals surface area (Å²) in [4.78, 5) is 23.8. The fourth-order valence-electron chi connectivity index (χ4n) is 1.97. The van der Waals surface area contributed by atoms with Gasteiger partial charge in [0.15, 0.2) is 0 Å². The molecule has 0 saturated carbocycles. The minimum atomic E-state index is -1.36. The van der Waals surface area contributed by atoms with E-state index in [2.05, 4.69) is 4.74 Å². The first-order valence-corrected chi connectivity index (χ1v) is 7.68. The lowest BCUT2D eigenvalue weighted by atomic mass is 10.0. The van der Waals surface area contributed by atoms with Gasteiger partial charge >= 0.3 is 5.97 Å². The van der Waals surface area contributed by atoms with E-state index in [0.717, 1.165) is 17.3 Å². The summed E-state index contributed by atoms with van der Waals surface area (Å²) in [6.45, 7) is 0. The lowest BCUT2D eigenvalue weighted by Gasteiger charge is -2.13. The second kappa shape index (κ2) is 7.77. The zero-order valence-corrected chi connectivity index (χ0v) is 12.9. The number of hydrogen-bond acceptors (Lipinski definition) is 5. The van der Waals surface area contributed by atoms with E-state index in [4.69, 9.17) is 0 Å². The minimum absolute atomic E-state index is 0.200. The van der Waals surface area contributed by atoms with Crippen LogP contribution in [0, 0.1) is 0 Å². The van der Waals surface area contributed by atoms with Gasteiger partial charge in [0.2, 0.25) is 5.12 Å². The van der Waals surface area contributed by atoms with E-state index in [-0.39, 0.29) is 11.1 Å². The lowest BCUT2D eigenvalue weighted by molar-refractivity contribution is -0.118. The van der Waals surface area contributed by atoms with Gasteiger partial charge in [-0.3, -0.25) is 4.79 Å². The molecule has 114 valence electrons. The Hall–Kier alpha value is -2.11. The number of aliphatic hydroxyl groups is 1. The van der Waals surface area contributed by atoms with Crippen molar-refractivity contribution in [2.75, 3.05) is 7.11 Å². The van der Waals surface area contributed by atoms with Crippen molar-refractivity contribution in [1.82, 2.24) is 0 Å². The number of carbonyl (C=O) groups is 2. The van der Waals surface area contributed by atoms with Crippen LogP contribution in [0.4, 0.5) is 0 Å². The first kappa shape index (κ1) is 16.3. The molecule has 4 nitrogen and oxygen atoms in total.